The van der Waals surface area contributed by atoms with Crippen LogP contribution in [0.1, 0.15) is 23.3 Å². The van der Waals surface area contributed by atoms with Crippen LogP contribution in [0, 0.1) is 5.92 Å². The number of carbonyl (C=O) groups is 1. The van der Waals surface area contributed by atoms with Crippen LogP contribution in [0.5, 0.6) is 0 Å². The number of piperidine rings is 1. The molecule has 21 heavy (non-hydrogen) atoms. The van der Waals surface area contributed by atoms with Crippen molar-refractivity contribution in [3.63, 3.8) is 0 Å². The van der Waals surface area contributed by atoms with E-state index in [1.807, 2.05) is 28.8 Å². The number of rotatable bonds is 2. The van der Waals surface area contributed by atoms with Crippen molar-refractivity contribution < 1.29 is 9.53 Å². The number of morpholine rings is 1. The molecule has 2 aromatic heterocycles. The first-order valence-electron chi connectivity index (χ1n) is 7.50. The Morgan fingerprint density at radius 1 is 1.29 bits per heavy atom. The molecule has 5 nitrogen and oxygen atoms in total. The highest BCUT2D eigenvalue weighted by Gasteiger charge is 2.39. The highest BCUT2D eigenvalue weighted by Crippen LogP contribution is 2.32. The largest absolute Gasteiger partial charge is 0.378 e. The zero-order chi connectivity index (χ0) is 14.4. The van der Waals surface area contributed by atoms with E-state index in [0.717, 1.165) is 37.4 Å². The Labute approximate surface area is 123 Å². The van der Waals surface area contributed by atoms with Crippen LogP contribution in [-0.2, 0) is 4.74 Å². The van der Waals surface area contributed by atoms with Gasteiger partial charge in [0.05, 0.1) is 18.9 Å². The Bertz CT molecular complexity index is 667. The van der Waals surface area contributed by atoms with Gasteiger partial charge in [0.2, 0.25) is 0 Å². The Balaban J connectivity index is 1.65. The van der Waals surface area contributed by atoms with Crippen molar-refractivity contribution >= 4 is 11.4 Å². The SMILES string of the molecule is CN1C2COCC1CC(C(=O)c1cccc3nccn13)C2. The molecule has 5 heteroatoms. The molecule has 4 heterocycles. The molecule has 0 aromatic carbocycles. The van der Waals surface area contributed by atoms with Crippen molar-refractivity contribution in [2.24, 2.45) is 5.92 Å². The lowest BCUT2D eigenvalue weighted by molar-refractivity contribution is -0.0703. The average Bonchev–Trinajstić information content (AvgIpc) is 2.94. The van der Waals surface area contributed by atoms with Gasteiger partial charge in [0.1, 0.15) is 5.65 Å². The molecule has 0 saturated carbocycles. The highest BCUT2D eigenvalue weighted by atomic mass is 16.5. The van der Waals surface area contributed by atoms with Gasteiger partial charge in [-0.15, -0.1) is 0 Å². The van der Waals surface area contributed by atoms with E-state index < -0.39 is 0 Å². The summed E-state index contributed by atoms with van der Waals surface area (Å²) in [5.41, 5.74) is 1.58. The molecule has 2 atom stereocenters. The van der Waals surface area contributed by atoms with Gasteiger partial charge in [0, 0.05) is 30.4 Å². The first-order chi connectivity index (χ1) is 10.2. The second-order valence-electron chi connectivity index (χ2n) is 6.11. The molecule has 4 rings (SSSR count). The number of ketones is 1. The summed E-state index contributed by atoms with van der Waals surface area (Å²) in [6.07, 6.45) is 5.37. The monoisotopic (exact) mass is 285 g/mol. The van der Waals surface area contributed by atoms with Crippen molar-refractivity contribution in [3.05, 3.63) is 36.3 Å². The number of fused-ring (bicyclic) bond motifs is 3. The number of ether oxygens (including phenoxy) is 1. The lowest BCUT2D eigenvalue weighted by Gasteiger charge is -2.46. The Morgan fingerprint density at radius 2 is 2.05 bits per heavy atom. The summed E-state index contributed by atoms with van der Waals surface area (Å²) in [5.74, 6) is 0.330. The van der Waals surface area contributed by atoms with Gasteiger partial charge in [0.25, 0.3) is 0 Å². The van der Waals surface area contributed by atoms with E-state index in [2.05, 4.69) is 16.9 Å². The maximum absolute atomic E-state index is 12.9. The minimum Gasteiger partial charge on any atom is -0.378 e. The summed E-state index contributed by atoms with van der Waals surface area (Å²) in [4.78, 5) is 19.6. The number of aromatic nitrogens is 2. The zero-order valence-electron chi connectivity index (χ0n) is 12.1. The normalized spacial score (nSPS) is 29.7. The number of nitrogens with zero attached hydrogens (tertiary/aromatic N) is 3. The van der Waals surface area contributed by atoms with Gasteiger partial charge in [-0.1, -0.05) is 6.07 Å². The molecule has 2 unspecified atom stereocenters. The van der Waals surface area contributed by atoms with E-state index in [1.165, 1.54) is 0 Å². The number of Topliss-reactive ketones (excluding diaryl/α,β-unsaturated/α-hetero) is 1. The van der Waals surface area contributed by atoms with Crippen molar-refractivity contribution in [1.82, 2.24) is 14.3 Å². The molecular formula is C16H19N3O2. The fraction of sp³-hybridized carbons (Fsp3) is 0.500. The van der Waals surface area contributed by atoms with Gasteiger partial charge in [-0.25, -0.2) is 4.98 Å². The van der Waals surface area contributed by atoms with Crippen LogP contribution in [-0.4, -0.2) is 52.4 Å². The Kier molecular flexibility index (Phi) is 3.05. The van der Waals surface area contributed by atoms with E-state index in [1.54, 1.807) is 6.20 Å². The lowest BCUT2D eigenvalue weighted by atomic mass is 9.82. The second kappa shape index (κ2) is 4.93. The summed E-state index contributed by atoms with van der Waals surface area (Å²) in [5, 5.41) is 0. The summed E-state index contributed by atoms with van der Waals surface area (Å²) >= 11 is 0. The van der Waals surface area contributed by atoms with Gasteiger partial charge in [-0.05, 0) is 32.0 Å². The first kappa shape index (κ1) is 13.0. The molecule has 0 aliphatic carbocycles. The van der Waals surface area contributed by atoms with E-state index in [9.17, 15) is 4.79 Å². The molecule has 0 N–H and O–H groups in total. The number of hydrogen-bond acceptors (Lipinski definition) is 4. The number of imidazole rings is 1. The van der Waals surface area contributed by atoms with E-state index in [-0.39, 0.29) is 11.7 Å². The standard InChI is InChI=1S/C16H19N3O2/c1-18-12-7-11(8-13(18)10-21-9-12)16(20)14-3-2-4-15-17-5-6-19(14)15/h2-6,11-13H,7-10H2,1H3. The molecular weight excluding hydrogens is 266 g/mol. The summed E-state index contributed by atoms with van der Waals surface area (Å²) in [7, 11) is 2.15. The van der Waals surface area contributed by atoms with Crippen molar-refractivity contribution in [1.29, 1.82) is 0 Å². The summed E-state index contributed by atoms with van der Waals surface area (Å²) in [6.45, 7) is 1.48. The van der Waals surface area contributed by atoms with Crippen LogP contribution in [0.15, 0.2) is 30.6 Å². The van der Waals surface area contributed by atoms with Crippen molar-refractivity contribution in [3.8, 4) is 0 Å². The minimum absolute atomic E-state index is 0.0908. The summed E-state index contributed by atoms with van der Waals surface area (Å²) in [6, 6.07) is 6.48. The van der Waals surface area contributed by atoms with Crippen LogP contribution in [0.25, 0.3) is 5.65 Å². The molecule has 2 saturated heterocycles. The number of likely N-dealkylation sites (N-methyl/N-ethyl adjacent to an activating group) is 1. The molecule has 2 bridgehead atoms. The number of hydrogen-bond donors (Lipinski definition) is 0. The lowest BCUT2D eigenvalue weighted by Crippen LogP contribution is -2.55. The van der Waals surface area contributed by atoms with Gasteiger partial charge < -0.3 is 4.74 Å². The topological polar surface area (TPSA) is 46.8 Å². The van der Waals surface area contributed by atoms with Gasteiger partial charge in [0.15, 0.2) is 5.78 Å². The van der Waals surface area contributed by atoms with Crippen molar-refractivity contribution in [2.75, 3.05) is 20.3 Å². The van der Waals surface area contributed by atoms with E-state index >= 15 is 0 Å². The number of pyridine rings is 1. The first-order valence-corrected chi connectivity index (χ1v) is 7.50. The van der Waals surface area contributed by atoms with Crippen LogP contribution in [0.4, 0.5) is 0 Å². The van der Waals surface area contributed by atoms with Crippen molar-refractivity contribution in [2.45, 2.75) is 24.9 Å². The molecule has 2 fully saturated rings. The summed E-state index contributed by atoms with van der Waals surface area (Å²) < 4.78 is 7.53. The van der Waals surface area contributed by atoms with Gasteiger partial charge in [-0.2, -0.15) is 0 Å². The Hall–Kier alpha value is -1.72. The third kappa shape index (κ3) is 2.08. The quantitative estimate of drug-likeness (QED) is 0.787. The molecule has 2 aliphatic heterocycles. The second-order valence-corrected chi connectivity index (χ2v) is 6.11. The smallest absolute Gasteiger partial charge is 0.182 e. The van der Waals surface area contributed by atoms with Gasteiger partial charge >= 0.3 is 0 Å². The van der Waals surface area contributed by atoms with Crippen LogP contribution in [0.3, 0.4) is 0 Å². The predicted molar refractivity (Wildman–Crippen MR) is 78.4 cm³/mol. The molecule has 0 radical (unpaired) electrons. The fourth-order valence-corrected chi connectivity index (χ4v) is 3.67. The molecule has 0 amide bonds. The highest BCUT2D eigenvalue weighted by molar-refractivity contribution is 5.97. The van der Waals surface area contributed by atoms with Crippen LogP contribution in [0.2, 0.25) is 0 Å². The fourth-order valence-electron chi connectivity index (χ4n) is 3.67. The number of carbonyl (C=O) groups excluding carboxylic acids is 1. The third-order valence-electron chi connectivity index (χ3n) is 4.94. The van der Waals surface area contributed by atoms with E-state index in [4.69, 9.17) is 4.74 Å². The van der Waals surface area contributed by atoms with Gasteiger partial charge in [-0.3, -0.25) is 14.1 Å². The van der Waals surface area contributed by atoms with Crippen LogP contribution < -0.4 is 0 Å². The van der Waals surface area contributed by atoms with E-state index in [0.29, 0.717) is 12.1 Å². The predicted octanol–water partition coefficient (Wildman–Crippen LogP) is 1.63. The zero-order valence-corrected chi connectivity index (χ0v) is 12.1. The Morgan fingerprint density at radius 3 is 2.81 bits per heavy atom. The minimum atomic E-state index is 0.0908. The van der Waals surface area contributed by atoms with Crippen LogP contribution >= 0.6 is 0 Å². The third-order valence-corrected chi connectivity index (χ3v) is 4.94. The molecule has 2 aliphatic rings. The molecule has 2 aromatic rings. The molecule has 110 valence electrons. The molecule has 0 spiro atoms. The maximum Gasteiger partial charge on any atom is 0.182 e. The maximum atomic E-state index is 12.9. The average molecular weight is 285 g/mol.